The standard InChI is InChI=1S/C19H20N2O4/c1-25-17-10-3-2-6-13(17)12-14-7-5-11-21(14)18(22)15-8-4-9-16(20-15)19(23)24/h2-4,6,8-10,14H,5,7,11-12H2,1H3,(H,23,24)/t14-/m1/s1. The average Bonchev–Trinajstić information content (AvgIpc) is 3.09. The van der Waals surface area contributed by atoms with Crippen LogP contribution in [0.4, 0.5) is 0 Å². The molecule has 6 heteroatoms. The molecule has 1 aromatic carbocycles. The van der Waals surface area contributed by atoms with E-state index < -0.39 is 5.97 Å². The molecule has 1 aliphatic heterocycles. The highest BCUT2D eigenvalue weighted by molar-refractivity contribution is 5.94. The van der Waals surface area contributed by atoms with Crippen molar-refractivity contribution < 1.29 is 19.4 Å². The minimum atomic E-state index is -1.14. The Balaban J connectivity index is 1.80. The van der Waals surface area contributed by atoms with E-state index in [1.54, 1.807) is 24.1 Å². The van der Waals surface area contributed by atoms with Gasteiger partial charge in [-0.2, -0.15) is 0 Å². The number of aromatic nitrogens is 1. The maximum absolute atomic E-state index is 12.8. The van der Waals surface area contributed by atoms with Crippen molar-refractivity contribution in [1.29, 1.82) is 0 Å². The molecule has 1 aromatic heterocycles. The van der Waals surface area contributed by atoms with Crippen molar-refractivity contribution >= 4 is 11.9 Å². The number of aromatic carboxylic acids is 1. The maximum atomic E-state index is 12.8. The Kier molecular flexibility index (Phi) is 4.97. The molecule has 1 aliphatic rings. The smallest absolute Gasteiger partial charge is 0.354 e. The molecule has 1 saturated heterocycles. The lowest BCUT2D eigenvalue weighted by molar-refractivity contribution is 0.0689. The number of pyridine rings is 1. The van der Waals surface area contributed by atoms with Gasteiger partial charge in [0, 0.05) is 12.6 Å². The number of nitrogens with zero attached hydrogens (tertiary/aromatic N) is 2. The SMILES string of the molecule is COc1ccccc1C[C@H]1CCCN1C(=O)c1cccc(C(=O)O)n1. The highest BCUT2D eigenvalue weighted by Crippen LogP contribution is 2.27. The van der Waals surface area contributed by atoms with Crippen molar-refractivity contribution in [3.63, 3.8) is 0 Å². The lowest BCUT2D eigenvalue weighted by Crippen LogP contribution is -2.37. The number of rotatable bonds is 5. The van der Waals surface area contributed by atoms with E-state index in [2.05, 4.69) is 4.98 Å². The zero-order chi connectivity index (χ0) is 17.8. The highest BCUT2D eigenvalue weighted by atomic mass is 16.5. The molecule has 0 aliphatic carbocycles. The number of hydrogen-bond acceptors (Lipinski definition) is 4. The van der Waals surface area contributed by atoms with E-state index in [1.165, 1.54) is 6.07 Å². The lowest BCUT2D eigenvalue weighted by atomic mass is 10.0. The van der Waals surface area contributed by atoms with Gasteiger partial charge in [0.05, 0.1) is 7.11 Å². The molecule has 1 fully saturated rings. The van der Waals surface area contributed by atoms with Crippen LogP contribution in [-0.2, 0) is 6.42 Å². The van der Waals surface area contributed by atoms with Crippen molar-refractivity contribution in [3.8, 4) is 5.75 Å². The van der Waals surface area contributed by atoms with Crippen molar-refractivity contribution in [2.24, 2.45) is 0 Å². The van der Waals surface area contributed by atoms with E-state index in [1.807, 2.05) is 24.3 Å². The Hall–Kier alpha value is -2.89. The number of carboxylic acids is 1. The summed E-state index contributed by atoms with van der Waals surface area (Å²) in [7, 11) is 1.64. The Labute approximate surface area is 146 Å². The van der Waals surface area contributed by atoms with Gasteiger partial charge in [0.25, 0.3) is 5.91 Å². The van der Waals surface area contributed by atoms with Crippen LogP contribution < -0.4 is 4.74 Å². The van der Waals surface area contributed by atoms with Gasteiger partial charge in [-0.25, -0.2) is 9.78 Å². The minimum Gasteiger partial charge on any atom is -0.496 e. The molecule has 0 bridgehead atoms. The first kappa shape index (κ1) is 17.0. The van der Waals surface area contributed by atoms with Gasteiger partial charge in [-0.05, 0) is 43.0 Å². The van der Waals surface area contributed by atoms with Gasteiger partial charge in [-0.15, -0.1) is 0 Å². The van der Waals surface area contributed by atoms with Gasteiger partial charge in [0.2, 0.25) is 0 Å². The third-order valence-electron chi connectivity index (χ3n) is 4.47. The lowest BCUT2D eigenvalue weighted by Gasteiger charge is -2.25. The molecule has 2 heterocycles. The van der Waals surface area contributed by atoms with Crippen molar-refractivity contribution in [1.82, 2.24) is 9.88 Å². The number of para-hydroxylation sites is 1. The quantitative estimate of drug-likeness (QED) is 0.905. The Morgan fingerprint density at radius 3 is 2.72 bits per heavy atom. The average molecular weight is 340 g/mol. The first-order valence-electron chi connectivity index (χ1n) is 8.23. The first-order chi connectivity index (χ1) is 12.1. The van der Waals surface area contributed by atoms with Crippen LogP contribution in [-0.4, -0.2) is 46.6 Å². The Morgan fingerprint density at radius 2 is 1.96 bits per heavy atom. The molecule has 6 nitrogen and oxygen atoms in total. The number of amides is 1. The fourth-order valence-electron chi connectivity index (χ4n) is 3.26. The molecule has 0 spiro atoms. The van der Waals surface area contributed by atoms with Gasteiger partial charge >= 0.3 is 5.97 Å². The van der Waals surface area contributed by atoms with E-state index in [-0.39, 0.29) is 23.3 Å². The zero-order valence-electron chi connectivity index (χ0n) is 14.0. The molecule has 2 aromatic rings. The molecule has 1 amide bonds. The Bertz CT molecular complexity index is 790. The van der Waals surface area contributed by atoms with Crippen LogP contribution in [0.2, 0.25) is 0 Å². The predicted molar refractivity (Wildman–Crippen MR) is 92.0 cm³/mol. The van der Waals surface area contributed by atoms with Crippen LogP contribution in [0, 0.1) is 0 Å². The van der Waals surface area contributed by atoms with Gasteiger partial charge in [-0.3, -0.25) is 4.79 Å². The number of carbonyl (C=O) groups is 2. The summed E-state index contributed by atoms with van der Waals surface area (Å²) in [5.74, 6) is -0.546. The third-order valence-corrected chi connectivity index (χ3v) is 4.47. The summed E-state index contributed by atoms with van der Waals surface area (Å²) in [5, 5.41) is 9.06. The summed E-state index contributed by atoms with van der Waals surface area (Å²) >= 11 is 0. The van der Waals surface area contributed by atoms with Crippen molar-refractivity contribution in [2.75, 3.05) is 13.7 Å². The number of hydrogen-bond donors (Lipinski definition) is 1. The summed E-state index contributed by atoms with van der Waals surface area (Å²) in [6, 6.07) is 12.3. The number of carbonyl (C=O) groups excluding carboxylic acids is 1. The van der Waals surface area contributed by atoms with Crippen LogP contribution in [0.3, 0.4) is 0 Å². The van der Waals surface area contributed by atoms with Crippen molar-refractivity contribution in [3.05, 3.63) is 59.4 Å². The molecular formula is C19H20N2O4. The van der Waals surface area contributed by atoms with E-state index >= 15 is 0 Å². The van der Waals surface area contributed by atoms with E-state index in [0.717, 1.165) is 24.2 Å². The monoisotopic (exact) mass is 340 g/mol. The topological polar surface area (TPSA) is 79.7 Å². The fraction of sp³-hybridized carbons (Fsp3) is 0.316. The van der Waals surface area contributed by atoms with E-state index in [9.17, 15) is 9.59 Å². The van der Waals surface area contributed by atoms with E-state index in [4.69, 9.17) is 9.84 Å². The van der Waals surface area contributed by atoms with Crippen LogP contribution in [0.5, 0.6) is 5.75 Å². The fourth-order valence-corrected chi connectivity index (χ4v) is 3.26. The number of likely N-dealkylation sites (tertiary alicyclic amines) is 1. The molecule has 1 atom stereocenters. The van der Waals surface area contributed by atoms with Gasteiger partial charge in [-0.1, -0.05) is 24.3 Å². The maximum Gasteiger partial charge on any atom is 0.354 e. The molecule has 3 rings (SSSR count). The van der Waals surface area contributed by atoms with Gasteiger partial charge in [0.1, 0.15) is 17.1 Å². The second kappa shape index (κ2) is 7.34. The van der Waals surface area contributed by atoms with Crippen molar-refractivity contribution in [2.45, 2.75) is 25.3 Å². The second-order valence-electron chi connectivity index (χ2n) is 6.02. The number of benzene rings is 1. The number of carboxylic acid groups (broad SMARTS) is 1. The largest absolute Gasteiger partial charge is 0.496 e. The molecule has 25 heavy (non-hydrogen) atoms. The van der Waals surface area contributed by atoms with Gasteiger partial charge in [0.15, 0.2) is 0 Å². The second-order valence-corrected chi connectivity index (χ2v) is 6.02. The van der Waals surface area contributed by atoms with Gasteiger partial charge < -0.3 is 14.7 Å². The van der Waals surface area contributed by atoms with Crippen LogP contribution in [0.25, 0.3) is 0 Å². The number of ether oxygens (including phenoxy) is 1. The summed E-state index contributed by atoms with van der Waals surface area (Å²) in [6.07, 6.45) is 2.53. The van der Waals surface area contributed by atoms with Crippen LogP contribution >= 0.6 is 0 Å². The molecule has 0 radical (unpaired) electrons. The molecule has 0 saturated carbocycles. The number of methoxy groups -OCH3 is 1. The molecule has 0 unspecified atom stereocenters. The highest BCUT2D eigenvalue weighted by Gasteiger charge is 2.31. The predicted octanol–water partition coefficient (Wildman–Crippen LogP) is 2.64. The van der Waals surface area contributed by atoms with Crippen LogP contribution in [0.15, 0.2) is 42.5 Å². The van der Waals surface area contributed by atoms with Crippen LogP contribution in [0.1, 0.15) is 39.4 Å². The zero-order valence-corrected chi connectivity index (χ0v) is 14.0. The minimum absolute atomic E-state index is 0.0547. The molecule has 1 N–H and O–H groups in total. The third kappa shape index (κ3) is 3.63. The first-order valence-corrected chi connectivity index (χ1v) is 8.23. The van der Waals surface area contributed by atoms with E-state index in [0.29, 0.717) is 13.0 Å². The summed E-state index contributed by atoms with van der Waals surface area (Å²) in [6.45, 7) is 0.650. The Morgan fingerprint density at radius 1 is 1.20 bits per heavy atom. The summed E-state index contributed by atoms with van der Waals surface area (Å²) in [4.78, 5) is 29.7. The normalized spacial score (nSPS) is 16.7. The summed E-state index contributed by atoms with van der Waals surface area (Å²) < 4.78 is 5.40. The molecule has 130 valence electrons. The molecular weight excluding hydrogens is 320 g/mol. The summed E-state index contributed by atoms with van der Waals surface area (Å²) in [5.41, 5.74) is 1.11.